The van der Waals surface area contributed by atoms with Gasteiger partial charge < -0.3 is 5.32 Å². The zero-order chi connectivity index (χ0) is 19.4. The molecule has 3 rings (SSSR count). The number of amides is 1. The highest BCUT2D eigenvalue weighted by molar-refractivity contribution is 7.98. The molecule has 0 bridgehead atoms. The summed E-state index contributed by atoms with van der Waals surface area (Å²) in [5.41, 5.74) is 0.871. The molecule has 9 heteroatoms. The van der Waals surface area contributed by atoms with Crippen molar-refractivity contribution in [1.82, 2.24) is 4.98 Å². The number of sulfone groups is 1. The number of thiazole rings is 1. The molecule has 0 unspecified atom stereocenters. The number of para-hydroxylation sites is 1. The van der Waals surface area contributed by atoms with Crippen LogP contribution < -0.4 is 5.32 Å². The first-order valence-electron chi connectivity index (χ1n) is 8.11. The Labute approximate surface area is 171 Å². The third-order valence-electron chi connectivity index (χ3n) is 3.84. The smallest absolute Gasteiger partial charge is 0.226 e. The number of carbonyl (C=O) groups is 1. The average Bonchev–Trinajstić information content (AvgIpc) is 3.04. The van der Waals surface area contributed by atoms with E-state index in [-0.39, 0.29) is 29.4 Å². The first kappa shape index (κ1) is 20.1. The van der Waals surface area contributed by atoms with E-state index in [2.05, 4.69) is 10.3 Å². The van der Waals surface area contributed by atoms with E-state index in [0.717, 1.165) is 15.1 Å². The SMILES string of the molecule is CSc1cccc2sc(NC(=O)CCCS(=O)(=O)c3ccc(Cl)cc3)nc12. The monoisotopic (exact) mass is 440 g/mol. The molecule has 0 fully saturated rings. The highest BCUT2D eigenvalue weighted by atomic mass is 35.5. The standard InChI is InChI=1S/C18H17ClN2O3S3/c1-25-14-4-2-5-15-17(14)21-18(26-15)20-16(22)6-3-11-27(23,24)13-9-7-12(19)8-10-13/h2,4-5,7-10H,3,6,11H2,1H3,(H,20,21,22). The van der Waals surface area contributed by atoms with E-state index >= 15 is 0 Å². The summed E-state index contributed by atoms with van der Waals surface area (Å²) in [4.78, 5) is 17.9. The lowest BCUT2D eigenvalue weighted by Crippen LogP contribution is -2.14. The molecule has 142 valence electrons. The van der Waals surface area contributed by atoms with Gasteiger partial charge in [-0.25, -0.2) is 13.4 Å². The van der Waals surface area contributed by atoms with Gasteiger partial charge in [0.15, 0.2) is 15.0 Å². The molecule has 0 radical (unpaired) electrons. The summed E-state index contributed by atoms with van der Waals surface area (Å²) in [5, 5.41) is 3.77. The zero-order valence-corrected chi connectivity index (χ0v) is 17.6. The maximum absolute atomic E-state index is 12.3. The number of halogens is 1. The lowest BCUT2D eigenvalue weighted by Gasteiger charge is -2.05. The second-order valence-corrected chi connectivity index (χ2v) is 10.2. The van der Waals surface area contributed by atoms with Crippen molar-refractivity contribution in [2.75, 3.05) is 17.3 Å². The van der Waals surface area contributed by atoms with E-state index < -0.39 is 9.84 Å². The predicted octanol–water partition coefficient (Wildman–Crippen LogP) is 4.86. The van der Waals surface area contributed by atoms with Gasteiger partial charge in [0.2, 0.25) is 5.91 Å². The number of benzene rings is 2. The number of anilines is 1. The predicted molar refractivity (Wildman–Crippen MR) is 113 cm³/mol. The minimum Gasteiger partial charge on any atom is -0.302 e. The van der Waals surface area contributed by atoms with E-state index in [0.29, 0.717) is 10.2 Å². The van der Waals surface area contributed by atoms with Gasteiger partial charge in [0, 0.05) is 16.3 Å². The average molecular weight is 441 g/mol. The Hall–Kier alpha value is -1.61. The van der Waals surface area contributed by atoms with Crippen molar-refractivity contribution in [2.45, 2.75) is 22.6 Å². The molecule has 0 atom stereocenters. The Morgan fingerprint density at radius 3 is 2.67 bits per heavy atom. The van der Waals surface area contributed by atoms with Crippen molar-refractivity contribution < 1.29 is 13.2 Å². The van der Waals surface area contributed by atoms with Crippen molar-refractivity contribution in [3.8, 4) is 0 Å². The summed E-state index contributed by atoms with van der Waals surface area (Å²) in [7, 11) is -3.43. The van der Waals surface area contributed by atoms with E-state index in [1.807, 2.05) is 24.5 Å². The summed E-state index contributed by atoms with van der Waals surface area (Å²) >= 11 is 8.79. The second kappa shape index (κ2) is 8.60. The molecule has 0 aliphatic rings. The van der Waals surface area contributed by atoms with Crippen molar-refractivity contribution in [3.63, 3.8) is 0 Å². The van der Waals surface area contributed by atoms with Gasteiger partial charge in [-0.2, -0.15) is 0 Å². The summed E-state index contributed by atoms with van der Waals surface area (Å²) in [5.74, 6) is -0.343. The largest absolute Gasteiger partial charge is 0.302 e. The quantitative estimate of drug-likeness (QED) is 0.530. The Balaban J connectivity index is 1.58. The van der Waals surface area contributed by atoms with Gasteiger partial charge in [0.25, 0.3) is 0 Å². The summed E-state index contributed by atoms with van der Waals surface area (Å²) in [6.07, 6.45) is 2.32. The molecule has 0 aliphatic heterocycles. The van der Waals surface area contributed by atoms with Crippen LogP contribution in [0.3, 0.4) is 0 Å². The van der Waals surface area contributed by atoms with Crippen molar-refractivity contribution in [1.29, 1.82) is 0 Å². The molecule has 2 aromatic carbocycles. The third kappa shape index (κ3) is 5.01. The molecule has 27 heavy (non-hydrogen) atoms. The number of fused-ring (bicyclic) bond motifs is 1. The Bertz CT molecular complexity index is 1060. The number of thioether (sulfide) groups is 1. The Morgan fingerprint density at radius 1 is 1.22 bits per heavy atom. The first-order valence-corrected chi connectivity index (χ1v) is 12.2. The molecule has 0 saturated heterocycles. The molecular weight excluding hydrogens is 424 g/mol. The lowest BCUT2D eigenvalue weighted by atomic mass is 10.3. The maximum atomic E-state index is 12.3. The second-order valence-electron chi connectivity index (χ2n) is 5.75. The summed E-state index contributed by atoms with van der Waals surface area (Å²) in [6.45, 7) is 0. The van der Waals surface area contributed by atoms with E-state index in [1.165, 1.54) is 35.6 Å². The van der Waals surface area contributed by atoms with Crippen LogP contribution in [-0.2, 0) is 14.6 Å². The zero-order valence-electron chi connectivity index (χ0n) is 14.4. The molecule has 1 amide bonds. The van der Waals surface area contributed by atoms with E-state index in [4.69, 9.17) is 11.6 Å². The van der Waals surface area contributed by atoms with Crippen LogP contribution in [0.1, 0.15) is 12.8 Å². The summed E-state index contributed by atoms with van der Waals surface area (Å²) in [6, 6.07) is 11.9. The number of rotatable bonds is 7. The van der Waals surface area contributed by atoms with Crippen LogP contribution in [0.4, 0.5) is 5.13 Å². The molecule has 0 spiro atoms. The molecule has 1 N–H and O–H groups in total. The third-order valence-corrected chi connectivity index (χ3v) is 7.61. The van der Waals surface area contributed by atoms with E-state index in [1.54, 1.807) is 11.8 Å². The molecular formula is C18H17ClN2O3S3. The molecule has 3 aromatic rings. The first-order chi connectivity index (χ1) is 12.9. The van der Waals surface area contributed by atoms with Gasteiger partial charge in [-0.15, -0.1) is 11.8 Å². The topological polar surface area (TPSA) is 76.1 Å². The fourth-order valence-electron chi connectivity index (χ4n) is 2.51. The minimum atomic E-state index is -3.43. The van der Waals surface area contributed by atoms with E-state index in [9.17, 15) is 13.2 Å². The fourth-order valence-corrected chi connectivity index (χ4v) is 5.48. The van der Waals surface area contributed by atoms with Crippen LogP contribution in [0.25, 0.3) is 10.2 Å². The molecule has 0 aliphatic carbocycles. The normalized spacial score (nSPS) is 11.6. The van der Waals surface area contributed by atoms with Crippen LogP contribution in [0, 0.1) is 0 Å². The van der Waals surface area contributed by atoms with Crippen molar-refractivity contribution in [2.24, 2.45) is 0 Å². The van der Waals surface area contributed by atoms with Crippen LogP contribution in [-0.4, -0.2) is 31.3 Å². The molecule has 0 saturated carbocycles. The van der Waals surface area contributed by atoms with Crippen LogP contribution in [0.5, 0.6) is 0 Å². The van der Waals surface area contributed by atoms with Crippen LogP contribution in [0.2, 0.25) is 5.02 Å². The maximum Gasteiger partial charge on any atom is 0.226 e. The highest BCUT2D eigenvalue weighted by Gasteiger charge is 2.16. The Morgan fingerprint density at radius 2 is 1.96 bits per heavy atom. The van der Waals surface area contributed by atoms with Crippen LogP contribution >= 0.6 is 34.7 Å². The van der Waals surface area contributed by atoms with Gasteiger partial charge >= 0.3 is 0 Å². The van der Waals surface area contributed by atoms with Gasteiger partial charge in [0.05, 0.1) is 20.9 Å². The van der Waals surface area contributed by atoms with Crippen molar-refractivity contribution >= 4 is 65.8 Å². The molecule has 5 nitrogen and oxygen atoms in total. The van der Waals surface area contributed by atoms with Crippen LogP contribution in [0.15, 0.2) is 52.3 Å². The number of aromatic nitrogens is 1. The van der Waals surface area contributed by atoms with Gasteiger partial charge in [0.1, 0.15) is 0 Å². The lowest BCUT2D eigenvalue weighted by molar-refractivity contribution is -0.116. The Kier molecular flexibility index (Phi) is 6.41. The summed E-state index contributed by atoms with van der Waals surface area (Å²) < 4.78 is 25.6. The highest BCUT2D eigenvalue weighted by Crippen LogP contribution is 2.32. The number of nitrogens with zero attached hydrogens (tertiary/aromatic N) is 1. The van der Waals surface area contributed by atoms with Gasteiger partial charge in [-0.1, -0.05) is 29.0 Å². The van der Waals surface area contributed by atoms with Gasteiger partial charge in [-0.05, 0) is 49.1 Å². The fraction of sp³-hybridized carbons (Fsp3) is 0.222. The minimum absolute atomic E-state index is 0.0987. The molecule has 1 heterocycles. The van der Waals surface area contributed by atoms with Crippen molar-refractivity contribution in [3.05, 3.63) is 47.5 Å². The number of nitrogens with one attached hydrogen (secondary N) is 1. The number of hydrogen-bond acceptors (Lipinski definition) is 6. The molecule has 1 aromatic heterocycles. The van der Waals surface area contributed by atoms with Gasteiger partial charge in [-0.3, -0.25) is 4.79 Å². The number of carbonyl (C=O) groups excluding carboxylic acids is 1. The number of hydrogen-bond donors (Lipinski definition) is 1.